The fraction of sp³-hybridized carbons (Fsp3) is 0. The number of aliphatic hydroxyl groups excluding tert-OH is 1. The minimum atomic E-state index is -0.144. The van der Waals surface area contributed by atoms with Crippen molar-refractivity contribution in [3.8, 4) is 0 Å². The van der Waals surface area contributed by atoms with Gasteiger partial charge < -0.3 is 5.11 Å². The average Bonchev–Trinajstić information content (AvgIpc) is 2.12. The molecule has 1 aliphatic rings. The molecule has 1 rings (SSSR count). The minimum Gasteiger partial charge on any atom is -0.498 e. The Bertz CT molecular complexity index is 159. The lowest BCUT2D eigenvalue weighted by atomic mass is 10.3. The molecule has 0 fully saturated rings. The highest BCUT2D eigenvalue weighted by molar-refractivity contribution is 6.28. The van der Waals surface area contributed by atoms with E-state index in [2.05, 4.69) is 0 Å². The smallest absolute Gasteiger partial charge is 0.191 e. The molecule has 0 aliphatic heterocycles. The monoisotopic (exact) mass is 128 g/mol. The van der Waals surface area contributed by atoms with Crippen molar-refractivity contribution in [2.24, 2.45) is 0 Å². The van der Waals surface area contributed by atoms with E-state index in [-0.39, 0.29) is 5.22 Å². The zero-order valence-electron chi connectivity index (χ0n) is 4.13. The maximum atomic E-state index is 8.59. The van der Waals surface area contributed by atoms with Crippen LogP contribution in [0.25, 0.3) is 0 Å². The van der Waals surface area contributed by atoms with Crippen LogP contribution in [-0.2, 0) is 0 Å². The van der Waals surface area contributed by atoms with E-state index in [4.69, 9.17) is 16.7 Å². The largest absolute Gasteiger partial charge is 0.498 e. The Morgan fingerprint density at radius 3 is 2.12 bits per heavy atom. The lowest BCUT2D eigenvalue weighted by Crippen LogP contribution is -1.71. The van der Waals surface area contributed by atoms with Gasteiger partial charge in [0.1, 0.15) is 0 Å². The molecule has 0 aromatic carbocycles. The van der Waals surface area contributed by atoms with Crippen molar-refractivity contribution in [3.63, 3.8) is 0 Å². The molecule has 42 valence electrons. The quantitative estimate of drug-likeness (QED) is 0.496. The van der Waals surface area contributed by atoms with Gasteiger partial charge in [-0.05, 0) is 11.6 Å². The van der Waals surface area contributed by atoms with E-state index in [0.717, 1.165) is 0 Å². The van der Waals surface area contributed by atoms with E-state index in [0.29, 0.717) is 5.57 Å². The predicted octanol–water partition coefficient (Wildman–Crippen LogP) is 2.12. The molecule has 0 amide bonds. The highest BCUT2D eigenvalue weighted by Gasteiger charge is 1.95. The summed E-state index contributed by atoms with van der Waals surface area (Å²) in [5.74, 6) is 0. The van der Waals surface area contributed by atoms with Crippen LogP contribution in [0.15, 0.2) is 35.1 Å². The molecular weight excluding hydrogens is 124 g/mol. The Kier molecular flexibility index (Phi) is 1.40. The van der Waals surface area contributed by atoms with Crippen LogP contribution in [0.3, 0.4) is 0 Å². The molecule has 0 aromatic rings. The molecule has 2 heteroatoms. The molecule has 0 heterocycles. The van der Waals surface area contributed by atoms with E-state index in [1.807, 2.05) is 12.2 Å². The van der Waals surface area contributed by atoms with Crippen molar-refractivity contribution >= 4 is 11.6 Å². The van der Waals surface area contributed by atoms with Crippen molar-refractivity contribution in [2.45, 2.75) is 0 Å². The number of halogens is 1. The summed E-state index contributed by atoms with van der Waals surface area (Å²) >= 11 is 5.22. The second-order valence-electron chi connectivity index (χ2n) is 1.46. The first-order valence-corrected chi connectivity index (χ1v) is 2.62. The Morgan fingerprint density at radius 1 is 1.38 bits per heavy atom. The summed E-state index contributed by atoms with van der Waals surface area (Å²) in [5.41, 5.74) is 0.673. The van der Waals surface area contributed by atoms with Gasteiger partial charge in [0.05, 0.1) is 0 Å². The first-order valence-electron chi connectivity index (χ1n) is 2.24. The van der Waals surface area contributed by atoms with Gasteiger partial charge in [0.2, 0.25) is 0 Å². The Labute approximate surface area is 52.6 Å². The standard InChI is InChI=1S/C6H5ClO/c7-6(8)5-3-1-2-4-5/h1-4,8H. The van der Waals surface area contributed by atoms with Gasteiger partial charge in [-0.3, -0.25) is 0 Å². The normalized spacial score (nSPS) is 15.4. The van der Waals surface area contributed by atoms with Gasteiger partial charge in [0.15, 0.2) is 5.22 Å². The second-order valence-corrected chi connectivity index (χ2v) is 1.82. The maximum absolute atomic E-state index is 8.59. The Balaban J connectivity index is 2.90. The first-order chi connectivity index (χ1) is 3.80. The SMILES string of the molecule is OC(Cl)=C1C=CC=C1. The molecule has 1 N–H and O–H groups in total. The molecule has 0 spiro atoms. The minimum absolute atomic E-state index is 0.144. The van der Waals surface area contributed by atoms with Gasteiger partial charge in [-0.15, -0.1) is 0 Å². The van der Waals surface area contributed by atoms with E-state index in [1.54, 1.807) is 12.2 Å². The van der Waals surface area contributed by atoms with E-state index < -0.39 is 0 Å². The summed E-state index contributed by atoms with van der Waals surface area (Å²) in [5, 5.41) is 8.45. The lowest BCUT2D eigenvalue weighted by Gasteiger charge is -1.86. The van der Waals surface area contributed by atoms with Crippen molar-refractivity contribution in [2.75, 3.05) is 0 Å². The molecule has 1 nitrogen and oxygen atoms in total. The molecule has 0 radical (unpaired) electrons. The van der Waals surface area contributed by atoms with Crippen LogP contribution in [0.4, 0.5) is 0 Å². The maximum Gasteiger partial charge on any atom is 0.191 e. The van der Waals surface area contributed by atoms with Crippen LogP contribution < -0.4 is 0 Å². The van der Waals surface area contributed by atoms with Crippen molar-refractivity contribution in [1.82, 2.24) is 0 Å². The average molecular weight is 129 g/mol. The molecule has 0 bridgehead atoms. The fourth-order valence-electron chi connectivity index (χ4n) is 0.512. The van der Waals surface area contributed by atoms with Crippen LogP contribution in [0.5, 0.6) is 0 Å². The molecular formula is C6H5ClO. The second kappa shape index (κ2) is 2.05. The van der Waals surface area contributed by atoms with Gasteiger partial charge in [0, 0.05) is 5.57 Å². The van der Waals surface area contributed by atoms with Crippen LogP contribution in [0, 0.1) is 0 Å². The number of allylic oxidation sites excluding steroid dienone is 5. The Morgan fingerprint density at radius 2 is 1.88 bits per heavy atom. The first kappa shape index (κ1) is 5.45. The summed E-state index contributed by atoms with van der Waals surface area (Å²) < 4.78 is 0. The molecule has 0 aromatic heterocycles. The third-order valence-corrected chi connectivity index (χ3v) is 1.12. The Hall–Kier alpha value is -0.690. The summed E-state index contributed by atoms with van der Waals surface area (Å²) in [4.78, 5) is 0. The van der Waals surface area contributed by atoms with Gasteiger partial charge in [-0.25, -0.2) is 0 Å². The number of hydrogen-bond donors (Lipinski definition) is 1. The van der Waals surface area contributed by atoms with Crippen molar-refractivity contribution in [1.29, 1.82) is 0 Å². The summed E-state index contributed by atoms with van der Waals surface area (Å²) in [6.45, 7) is 0. The van der Waals surface area contributed by atoms with Gasteiger partial charge in [0.25, 0.3) is 0 Å². The highest BCUT2D eigenvalue weighted by atomic mass is 35.5. The zero-order chi connectivity index (χ0) is 5.98. The van der Waals surface area contributed by atoms with Crippen molar-refractivity contribution < 1.29 is 5.11 Å². The van der Waals surface area contributed by atoms with Crippen LogP contribution in [0.1, 0.15) is 0 Å². The van der Waals surface area contributed by atoms with Crippen LogP contribution in [-0.4, -0.2) is 5.11 Å². The number of aliphatic hydroxyl groups is 1. The van der Waals surface area contributed by atoms with Gasteiger partial charge >= 0.3 is 0 Å². The predicted molar refractivity (Wildman–Crippen MR) is 33.8 cm³/mol. The molecule has 0 unspecified atom stereocenters. The van der Waals surface area contributed by atoms with Crippen LogP contribution in [0.2, 0.25) is 0 Å². The third kappa shape index (κ3) is 0.928. The molecule has 0 atom stereocenters. The third-order valence-electron chi connectivity index (χ3n) is 0.901. The lowest BCUT2D eigenvalue weighted by molar-refractivity contribution is 0.449. The highest BCUT2D eigenvalue weighted by Crippen LogP contribution is 2.13. The molecule has 1 aliphatic carbocycles. The zero-order valence-corrected chi connectivity index (χ0v) is 4.89. The molecule has 8 heavy (non-hydrogen) atoms. The van der Waals surface area contributed by atoms with E-state index in [1.165, 1.54) is 0 Å². The molecule has 0 saturated carbocycles. The topological polar surface area (TPSA) is 20.2 Å². The number of rotatable bonds is 0. The summed E-state index contributed by atoms with van der Waals surface area (Å²) in [7, 11) is 0. The summed E-state index contributed by atoms with van der Waals surface area (Å²) in [6.07, 6.45) is 7.10. The van der Waals surface area contributed by atoms with Gasteiger partial charge in [-0.2, -0.15) is 0 Å². The van der Waals surface area contributed by atoms with E-state index >= 15 is 0 Å². The number of hydrogen-bond acceptors (Lipinski definition) is 1. The van der Waals surface area contributed by atoms with E-state index in [9.17, 15) is 0 Å². The molecule has 0 saturated heterocycles. The fourth-order valence-corrected chi connectivity index (χ4v) is 0.638. The van der Waals surface area contributed by atoms with Gasteiger partial charge in [-0.1, -0.05) is 24.3 Å². The van der Waals surface area contributed by atoms with Crippen LogP contribution >= 0.6 is 11.6 Å². The van der Waals surface area contributed by atoms with Crippen molar-refractivity contribution in [3.05, 3.63) is 35.1 Å². The summed E-state index contributed by atoms with van der Waals surface area (Å²) in [6, 6.07) is 0.